The number of likely N-dealkylation sites (tertiary alicyclic amines) is 1. The number of hydrogen-bond donors (Lipinski definition) is 0. The molecule has 3 unspecified atom stereocenters. The van der Waals surface area contributed by atoms with Gasteiger partial charge in [-0.05, 0) is 11.3 Å². The Balaban J connectivity index is 2.05. The summed E-state index contributed by atoms with van der Waals surface area (Å²) in [7, 11) is 0. The summed E-state index contributed by atoms with van der Waals surface area (Å²) < 4.78 is 0. The lowest BCUT2D eigenvalue weighted by Gasteiger charge is -2.24. The Morgan fingerprint density at radius 2 is 1.81 bits per heavy atom. The second-order valence-corrected chi connectivity index (χ2v) is 6.14. The minimum atomic E-state index is -0.0826. The number of nitrogens with zero attached hydrogens (tertiary/aromatic N) is 1. The van der Waals surface area contributed by atoms with Crippen LogP contribution >= 0.6 is 15.9 Å². The number of alkyl halides is 1. The van der Waals surface area contributed by atoms with E-state index in [-0.39, 0.29) is 29.1 Å². The largest absolute Gasteiger partial charge is 0.282 e. The zero-order valence-electron chi connectivity index (χ0n) is 10.00. The number of carbonyl (C=O) groups is 2. The van der Waals surface area contributed by atoms with Crippen LogP contribution in [-0.2, 0) is 9.59 Å². The highest BCUT2D eigenvalue weighted by atomic mass is 79.9. The van der Waals surface area contributed by atoms with Crippen molar-refractivity contribution in [2.45, 2.75) is 27.2 Å². The molecular weight excluding hydrogens is 270 g/mol. The maximum absolute atomic E-state index is 12.0. The molecular formula is C12H18BrNO2. The fourth-order valence-electron chi connectivity index (χ4n) is 2.73. The Labute approximate surface area is 105 Å². The van der Waals surface area contributed by atoms with Crippen molar-refractivity contribution in [1.29, 1.82) is 0 Å². The third-order valence-corrected chi connectivity index (χ3v) is 5.04. The van der Waals surface area contributed by atoms with Crippen molar-refractivity contribution in [3.8, 4) is 0 Å². The smallest absolute Gasteiger partial charge is 0.233 e. The molecule has 3 nitrogen and oxygen atoms in total. The second-order valence-electron chi connectivity index (χ2n) is 5.49. The molecule has 4 heteroatoms. The summed E-state index contributed by atoms with van der Waals surface area (Å²) in [6.45, 7) is 6.69. The van der Waals surface area contributed by atoms with Crippen molar-refractivity contribution in [3.05, 3.63) is 0 Å². The minimum Gasteiger partial charge on any atom is -0.282 e. The van der Waals surface area contributed by atoms with Crippen LogP contribution in [-0.4, -0.2) is 28.6 Å². The third kappa shape index (κ3) is 1.53. The number of hydrogen-bond acceptors (Lipinski definition) is 2. The van der Waals surface area contributed by atoms with Crippen LogP contribution in [0, 0.1) is 23.2 Å². The van der Waals surface area contributed by atoms with Crippen LogP contribution in [0.4, 0.5) is 0 Å². The molecule has 0 N–H and O–H groups in total. The van der Waals surface area contributed by atoms with Gasteiger partial charge in [0.2, 0.25) is 11.8 Å². The number of halogens is 1. The van der Waals surface area contributed by atoms with E-state index in [1.54, 1.807) is 0 Å². The van der Waals surface area contributed by atoms with E-state index >= 15 is 0 Å². The zero-order chi connectivity index (χ0) is 12.1. The summed E-state index contributed by atoms with van der Waals surface area (Å²) in [6, 6.07) is 0. The SMILES string of the molecule is CCC(CBr)CN1C(=O)C2C(C1=O)C2(C)C. The number of piperidine rings is 1. The first kappa shape index (κ1) is 12.1. The molecule has 90 valence electrons. The van der Waals surface area contributed by atoms with Crippen LogP contribution in [0.3, 0.4) is 0 Å². The molecule has 16 heavy (non-hydrogen) atoms. The zero-order valence-corrected chi connectivity index (χ0v) is 11.6. The van der Waals surface area contributed by atoms with Crippen molar-refractivity contribution in [2.24, 2.45) is 23.2 Å². The third-order valence-electron chi connectivity index (χ3n) is 4.13. The van der Waals surface area contributed by atoms with Crippen LogP contribution < -0.4 is 0 Å². The fraction of sp³-hybridized carbons (Fsp3) is 0.833. The molecule has 1 aliphatic carbocycles. The molecule has 1 saturated carbocycles. The van der Waals surface area contributed by atoms with Gasteiger partial charge < -0.3 is 0 Å². The van der Waals surface area contributed by atoms with Gasteiger partial charge in [0.25, 0.3) is 0 Å². The summed E-state index contributed by atoms with van der Waals surface area (Å²) >= 11 is 3.42. The van der Waals surface area contributed by atoms with Gasteiger partial charge >= 0.3 is 0 Å². The molecule has 0 spiro atoms. The Morgan fingerprint density at radius 1 is 1.31 bits per heavy atom. The first-order valence-corrected chi connectivity index (χ1v) is 6.98. The Hall–Kier alpha value is -0.380. The van der Waals surface area contributed by atoms with Gasteiger partial charge in [-0.15, -0.1) is 0 Å². The highest BCUT2D eigenvalue weighted by molar-refractivity contribution is 9.09. The Bertz CT molecular complexity index is 312. The van der Waals surface area contributed by atoms with Gasteiger partial charge in [0.05, 0.1) is 11.8 Å². The first-order valence-electron chi connectivity index (χ1n) is 5.86. The maximum atomic E-state index is 12.0. The average molecular weight is 288 g/mol. The van der Waals surface area contributed by atoms with E-state index in [0.717, 1.165) is 11.8 Å². The summed E-state index contributed by atoms with van der Waals surface area (Å²) in [5.41, 5.74) is -0.0826. The lowest BCUT2D eigenvalue weighted by molar-refractivity contribution is -0.143. The van der Waals surface area contributed by atoms with E-state index in [0.29, 0.717) is 12.5 Å². The quantitative estimate of drug-likeness (QED) is 0.586. The topological polar surface area (TPSA) is 37.4 Å². The molecule has 3 atom stereocenters. The monoisotopic (exact) mass is 287 g/mol. The van der Waals surface area contributed by atoms with Crippen LogP contribution in [0.2, 0.25) is 0 Å². The fourth-order valence-corrected chi connectivity index (χ4v) is 3.39. The van der Waals surface area contributed by atoms with Crippen molar-refractivity contribution >= 4 is 27.7 Å². The van der Waals surface area contributed by atoms with Gasteiger partial charge in [0.1, 0.15) is 0 Å². The maximum Gasteiger partial charge on any atom is 0.233 e. The number of carbonyl (C=O) groups excluding carboxylic acids is 2. The van der Waals surface area contributed by atoms with Gasteiger partial charge in [-0.1, -0.05) is 43.1 Å². The van der Waals surface area contributed by atoms with Gasteiger partial charge in [-0.2, -0.15) is 0 Å². The van der Waals surface area contributed by atoms with Crippen molar-refractivity contribution in [1.82, 2.24) is 4.90 Å². The number of rotatable bonds is 4. The van der Waals surface area contributed by atoms with E-state index in [1.165, 1.54) is 4.90 Å². The standard InChI is InChI=1S/C12H18BrNO2/c1-4-7(5-13)6-14-10(15)8-9(11(14)16)12(8,2)3/h7-9H,4-6H2,1-3H3. The number of amides is 2. The average Bonchev–Trinajstić information content (AvgIpc) is 2.70. The normalized spacial score (nSPS) is 32.9. The summed E-state index contributed by atoms with van der Waals surface area (Å²) in [6.07, 6.45) is 0.987. The minimum absolute atomic E-state index is 0.0344. The van der Waals surface area contributed by atoms with E-state index in [1.807, 2.05) is 13.8 Å². The van der Waals surface area contributed by atoms with Crippen LogP contribution in [0.1, 0.15) is 27.2 Å². The van der Waals surface area contributed by atoms with Gasteiger partial charge in [-0.25, -0.2) is 0 Å². The Kier molecular flexibility index (Phi) is 2.89. The van der Waals surface area contributed by atoms with E-state index in [9.17, 15) is 9.59 Å². The van der Waals surface area contributed by atoms with E-state index in [2.05, 4.69) is 22.9 Å². The summed E-state index contributed by atoms with van der Waals surface area (Å²) in [5, 5.41) is 0.847. The second kappa shape index (κ2) is 3.83. The molecule has 2 rings (SSSR count). The predicted molar refractivity (Wildman–Crippen MR) is 65.1 cm³/mol. The van der Waals surface area contributed by atoms with Gasteiger partial charge in [0, 0.05) is 11.9 Å². The summed E-state index contributed by atoms with van der Waals surface area (Å²) in [4.78, 5) is 25.5. The van der Waals surface area contributed by atoms with E-state index in [4.69, 9.17) is 0 Å². The number of imide groups is 1. The lowest BCUT2D eigenvalue weighted by Crippen LogP contribution is -2.39. The van der Waals surface area contributed by atoms with Gasteiger partial charge in [0.15, 0.2) is 0 Å². The highest BCUT2D eigenvalue weighted by Gasteiger charge is 2.72. The predicted octanol–water partition coefficient (Wildman–Crippen LogP) is 2.05. The van der Waals surface area contributed by atoms with Crippen LogP contribution in [0.15, 0.2) is 0 Å². The van der Waals surface area contributed by atoms with Crippen LogP contribution in [0.5, 0.6) is 0 Å². The van der Waals surface area contributed by atoms with Gasteiger partial charge in [-0.3, -0.25) is 14.5 Å². The molecule has 2 fully saturated rings. The molecule has 0 bridgehead atoms. The molecule has 0 aromatic carbocycles. The van der Waals surface area contributed by atoms with Crippen LogP contribution in [0.25, 0.3) is 0 Å². The van der Waals surface area contributed by atoms with Crippen molar-refractivity contribution in [2.75, 3.05) is 11.9 Å². The van der Waals surface area contributed by atoms with Crippen molar-refractivity contribution < 1.29 is 9.59 Å². The molecule has 0 radical (unpaired) electrons. The molecule has 1 aliphatic heterocycles. The highest BCUT2D eigenvalue weighted by Crippen LogP contribution is 2.63. The lowest BCUT2D eigenvalue weighted by atomic mass is 10.0. The molecule has 2 aliphatic rings. The first-order chi connectivity index (χ1) is 7.45. The van der Waals surface area contributed by atoms with E-state index < -0.39 is 0 Å². The van der Waals surface area contributed by atoms with Crippen molar-refractivity contribution in [3.63, 3.8) is 0 Å². The molecule has 0 aromatic rings. The molecule has 2 amide bonds. The molecule has 1 heterocycles. The Morgan fingerprint density at radius 3 is 2.19 bits per heavy atom. The number of fused-ring (bicyclic) bond motifs is 1. The summed E-state index contributed by atoms with van der Waals surface area (Å²) in [5.74, 6) is 0.424. The molecule has 0 aromatic heterocycles. The molecule has 1 saturated heterocycles.